The molecule has 0 radical (unpaired) electrons. The van der Waals surface area contributed by atoms with E-state index in [4.69, 9.17) is 0 Å². The van der Waals surface area contributed by atoms with Crippen LogP contribution in [0, 0.1) is 5.82 Å². The molecule has 10 heteroatoms. The number of para-hydroxylation sites is 1. The highest BCUT2D eigenvalue weighted by molar-refractivity contribution is 8.00. The number of fused-ring (bicyclic) bond motifs is 1. The molecule has 5 rings (SSSR count). The predicted octanol–water partition coefficient (Wildman–Crippen LogP) is 7.35. The summed E-state index contributed by atoms with van der Waals surface area (Å²) in [7, 11) is 0. The van der Waals surface area contributed by atoms with E-state index in [0.29, 0.717) is 28.4 Å². The van der Waals surface area contributed by atoms with Crippen LogP contribution in [0.25, 0.3) is 16.3 Å². The minimum Gasteiger partial charge on any atom is -0.321 e. The van der Waals surface area contributed by atoms with Crippen molar-refractivity contribution >= 4 is 67.9 Å². The van der Waals surface area contributed by atoms with Gasteiger partial charge in [0.15, 0.2) is 5.13 Å². The molecule has 1 heterocycles. The first-order valence-corrected chi connectivity index (χ1v) is 15.2. The van der Waals surface area contributed by atoms with Gasteiger partial charge in [0.1, 0.15) is 11.5 Å². The predicted molar refractivity (Wildman–Crippen MR) is 172 cm³/mol. The molecule has 3 amide bonds. The summed E-state index contributed by atoms with van der Waals surface area (Å²) in [4.78, 5) is 44.6. The lowest BCUT2D eigenvalue weighted by molar-refractivity contribution is -0.116. The van der Waals surface area contributed by atoms with Crippen molar-refractivity contribution in [2.75, 3.05) is 10.6 Å². The molecule has 1 unspecified atom stereocenters. The van der Waals surface area contributed by atoms with Crippen molar-refractivity contribution in [3.63, 3.8) is 0 Å². The van der Waals surface area contributed by atoms with Gasteiger partial charge in [-0.15, -0.1) is 11.8 Å². The third-order valence-corrected chi connectivity index (χ3v) is 8.58. The van der Waals surface area contributed by atoms with Gasteiger partial charge in [-0.3, -0.25) is 14.4 Å². The van der Waals surface area contributed by atoms with Crippen LogP contribution < -0.4 is 16.0 Å². The van der Waals surface area contributed by atoms with Gasteiger partial charge in [0.05, 0.1) is 15.5 Å². The minimum absolute atomic E-state index is 0.0137. The normalized spacial score (nSPS) is 12.0. The zero-order chi connectivity index (χ0) is 30.2. The molecule has 0 fully saturated rings. The number of benzene rings is 4. The highest BCUT2D eigenvalue weighted by Gasteiger charge is 2.20. The third-order valence-electron chi connectivity index (χ3n) is 6.27. The van der Waals surface area contributed by atoms with Crippen molar-refractivity contribution in [3.05, 3.63) is 126 Å². The molecular weight excluding hydrogens is 584 g/mol. The van der Waals surface area contributed by atoms with Crippen LogP contribution in [-0.2, 0) is 9.59 Å². The molecule has 0 spiro atoms. The molecule has 0 aliphatic rings. The maximum atomic E-state index is 13.5. The first-order chi connectivity index (χ1) is 20.9. The van der Waals surface area contributed by atoms with Gasteiger partial charge in [-0.05, 0) is 72.7 Å². The zero-order valence-corrected chi connectivity index (χ0v) is 24.7. The number of nitrogens with zero attached hydrogens (tertiary/aromatic N) is 1. The molecule has 3 N–H and O–H groups in total. The van der Waals surface area contributed by atoms with Gasteiger partial charge in [0, 0.05) is 16.1 Å². The Morgan fingerprint density at radius 2 is 1.65 bits per heavy atom. The number of hydrogen-bond donors (Lipinski definition) is 3. The lowest BCUT2D eigenvalue weighted by atomic mass is 10.1. The van der Waals surface area contributed by atoms with Crippen LogP contribution in [0.1, 0.15) is 29.3 Å². The second-order valence-corrected chi connectivity index (χ2v) is 11.7. The highest BCUT2D eigenvalue weighted by atomic mass is 32.2. The molecule has 5 aromatic rings. The molecule has 216 valence electrons. The average Bonchev–Trinajstić information content (AvgIpc) is 3.43. The molecule has 0 bridgehead atoms. The van der Waals surface area contributed by atoms with Crippen LogP contribution in [-0.4, -0.2) is 28.0 Å². The van der Waals surface area contributed by atoms with Gasteiger partial charge < -0.3 is 16.0 Å². The Balaban J connectivity index is 1.29. The number of halogens is 1. The molecule has 0 saturated carbocycles. The Hall–Kier alpha value is -4.80. The van der Waals surface area contributed by atoms with E-state index in [1.807, 2.05) is 37.3 Å². The van der Waals surface area contributed by atoms with Crippen molar-refractivity contribution in [2.24, 2.45) is 0 Å². The van der Waals surface area contributed by atoms with E-state index in [1.165, 1.54) is 53.4 Å². The van der Waals surface area contributed by atoms with Gasteiger partial charge in [0.2, 0.25) is 5.91 Å². The number of rotatable bonds is 10. The number of anilines is 2. The maximum absolute atomic E-state index is 13.5. The molecule has 43 heavy (non-hydrogen) atoms. The fraction of sp³-hybridized carbons (Fsp3) is 0.0909. The Morgan fingerprint density at radius 3 is 2.40 bits per heavy atom. The van der Waals surface area contributed by atoms with Crippen molar-refractivity contribution < 1.29 is 18.8 Å². The Kier molecular flexibility index (Phi) is 9.60. The van der Waals surface area contributed by atoms with Crippen LogP contribution in [0.3, 0.4) is 0 Å². The van der Waals surface area contributed by atoms with Gasteiger partial charge in [-0.2, -0.15) is 0 Å². The van der Waals surface area contributed by atoms with Crippen LogP contribution in [0.4, 0.5) is 15.2 Å². The average molecular weight is 611 g/mol. The van der Waals surface area contributed by atoms with E-state index < -0.39 is 22.9 Å². The molecule has 1 aromatic heterocycles. The summed E-state index contributed by atoms with van der Waals surface area (Å²) in [6.45, 7) is 1.93. The first kappa shape index (κ1) is 29.7. The summed E-state index contributed by atoms with van der Waals surface area (Å²) in [5.74, 6) is -1.59. The molecule has 7 nitrogen and oxygen atoms in total. The highest BCUT2D eigenvalue weighted by Crippen LogP contribution is 2.30. The first-order valence-electron chi connectivity index (χ1n) is 13.5. The van der Waals surface area contributed by atoms with Crippen molar-refractivity contribution in [3.8, 4) is 0 Å². The van der Waals surface area contributed by atoms with Gasteiger partial charge in [-0.1, -0.05) is 66.8 Å². The summed E-state index contributed by atoms with van der Waals surface area (Å²) < 4.78 is 14.5. The Bertz CT molecular complexity index is 1760. The van der Waals surface area contributed by atoms with Crippen molar-refractivity contribution in [1.29, 1.82) is 0 Å². The number of thioether (sulfide) groups is 1. The Morgan fingerprint density at radius 1 is 0.907 bits per heavy atom. The maximum Gasteiger partial charge on any atom is 0.272 e. The number of carbonyl (C=O) groups excluding carboxylic acids is 3. The molecular formula is C33H27FN4O3S2. The summed E-state index contributed by atoms with van der Waals surface area (Å²) in [6, 6.07) is 28.9. The summed E-state index contributed by atoms with van der Waals surface area (Å²) in [6.07, 6.45) is 2.06. The van der Waals surface area contributed by atoms with Gasteiger partial charge >= 0.3 is 0 Å². The quantitative estimate of drug-likeness (QED) is 0.113. The van der Waals surface area contributed by atoms with Crippen molar-refractivity contribution in [2.45, 2.75) is 23.5 Å². The van der Waals surface area contributed by atoms with Crippen molar-refractivity contribution in [1.82, 2.24) is 10.3 Å². The lowest BCUT2D eigenvalue weighted by Crippen LogP contribution is -2.30. The Labute approximate surface area is 256 Å². The number of nitrogens with one attached hydrogen (secondary N) is 3. The van der Waals surface area contributed by atoms with Crippen LogP contribution in [0.5, 0.6) is 0 Å². The van der Waals surface area contributed by atoms with E-state index in [-0.39, 0.29) is 11.6 Å². The molecule has 4 aromatic carbocycles. The molecule has 0 saturated heterocycles. The fourth-order valence-corrected chi connectivity index (χ4v) is 5.99. The fourth-order valence-electron chi connectivity index (χ4n) is 4.11. The second-order valence-electron chi connectivity index (χ2n) is 9.40. The van der Waals surface area contributed by atoms with E-state index in [2.05, 4.69) is 20.9 Å². The van der Waals surface area contributed by atoms with E-state index >= 15 is 0 Å². The van der Waals surface area contributed by atoms with Crippen LogP contribution in [0.2, 0.25) is 0 Å². The topological polar surface area (TPSA) is 100 Å². The number of thiazole rings is 1. The number of hydrogen-bond acceptors (Lipinski definition) is 6. The van der Waals surface area contributed by atoms with Crippen LogP contribution in [0.15, 0.2) is 114 Å². The summed E-state index contributed by atoms with van der Waals surface area (Å²) in [5, 5.41) is 8.58. The standard InChI is InChI=1S/C33H27FN4O3S2/c1-2-28(32(41)38-33-37-26-13-6-7-14-29(26)43-33)42-25-12-8-11-24(20-25)35-31(40)27(19-21-15-17-23(34)18-16-21)36-30(39)22-9-4-3-5-10-22/h3-20,28H,2H2,1H3,(H,35,40)(H,36,39)(H,37,38,41)/b27-19-. The van der Waals surface area contributed by atoms with Gasteiger partial charge in [0.25, 0.3) is 11.8 Å². The van der Waals surface area contributed by atoms with E-state index in [1.54, 1.807) is 48.5 Å². The van der Waals surface area contributed by atoms with E-state index in [0.717, 1.165) is 15.1 Å². The molecule has 0 aliphatic heterocycles. The van der Waals surface area contributed by atoms with Crippen LogP contribution >= 0.6 is 23.1 Å². The summed E-state index contributed by atoms with van der Waals surface area (Å²) in [5.41, 5.74) is 2.22. The largest absolute Gasteiger partial charge is 0.321 e. The monoisotopic (exact) mass is 610 g/mol. The SMILES string of the molecule is CCC(Sc1cccc(NC(=O)/C(=C/c2ccc(F)cc2)NC(=O)c2ccccc2)c1)C(=O)Nc1nc2ccccc2s1. The second kappa shape index (κ2) is 13.9. The smallest absolute Gasteiger partial charge is 0.272 e. The van der Waals surface area contributed by atoms with E-state index in [9.17, 15) is 18.8 Å². The zero-order valence-electron chi connectivity index (χ0n) is 23.0. The number of carbonyl (C=O) groups is 3. The molecule has 1 atom stereocenters. The number of aromatic nitrogens is 1. The third kappa shape index (κ3) is 7.94. The van der Waals surface area contributed by atoms with Gasteiger partial charge in [-0.25, -0.2) is 9.37 Å². The molecule has 0 aliphatic carbocycles. The lowest BCUT2D eigenvalue weighted by Gasteiger charge is -2.15. The minimum atomic E-state index is -0.559. The number of amides is 3. The summed E-state index contributed by atoms with van der Waals surface area (Å²) >= 11 is 2.80.